The number of nitrogens with zero attached hydrogens (tertiary/aromatic N) is 3. The van der Waals surface area contributed by atoms with Crippen LogP contribution in [-0.4, -0.2) is 29.3 Å². The molecule has 1 saturated carbocycles. The summed E-state index contributed by atoms with van der Waals surface area (Å²) < 4.78 is 22.3. The lowest BCUT2D eigenvalue weighted by atomic mass is 9.92. The molecule has 1 unspecified atom stereocenters. The van der Waals surface area contributed by atoms with Crippen molar-refractivity contribution in [1.29, 1.82) is 0 Å². The van der Waals surface area contributed by atoms with Gasteiger partial charge in [-0.1, -0.05) is 48.5 Å². The van der Waals surface area contributed by atoms with Crippen molar-refractivity contribution >= 4 is 28.1 Å². The van der Waals surface area contributed by atoms with E-state index in [-0.39, 0.29) is 17.4 Å². The summed E-state index contributed by atoms with van der Waals surface area (Å²) in [5, 5.41) is 13.0. The molecule has 1 fully saturated rings. The smallest absolute Gasteiger partial charge is 0.274 e. The number of hydrogen-bond acceptors (Lipinski definition) is 4. The van der Waals surface area contributed by atoms with E-state index in [2.05, 4.69) is 26.6 Å². The molecule has 2 N–H and O–H groups in total. The normalized spacial score (nSPS) is 13.5. The zero-order chi connectivity index (χ0) is 29.2. The lowest BCUT2D eigenvalue weighted by Gasteiger charge is -2.23. The number of amides is 1. The SMILES string of the molecule is [C-]#[N+]c1cccc(-n2nc(C)cc2C(=O)Nc2cc(C(NCC3CC3)c3ccc(OC)c4ccccc34)ccc2F)c1. The maximum absolute atomic E-state index is 15.2. The third-order valence-electron chi connectivity index (χ3n) is 7.60. The number of anilines is 1. The van der Waals surface area contributed by atoms with Gasteiger partial charge in [-0.15, -0.1) is 0 Å². The predicted molar refractivity (Wildman–Crippen MR) is 162 cm³/mol. The molecular formula is C34H30FN5O2. The van der Waals surface area contributed by atoms with Crippen LogP contribution in [0, 0.1) is 25.2 Å². The summed E-state index contributed by atoms with van der Waals surface area (Å²) in [6, 6.07) is 25.2. The molecule has 1 aliphatic rings. The number of aryl methyl sites for hydroxylation is 1. The Labute approximate surface area is 243 Å². The van der Waals surface area contributed by atoms with Crippen LogP contribution in [0.25, 0.3) is 21.3 Å². The molecule has 1 atom stereocenters. The lowest BCUT2D eigenvalue weighted by Crippen LogP contribution is -2.25. The molecular weight excluding hydrogens is 529 g/mol. The van der Waals surface area contributed by atoms with E-state index in [0.29, 0.717) is 23.0 Å². The van der Waals surface area contributed by atoms with Crippen LogP contribution in [0.2, 0.25) is 0 Å². The van der Waals surface area contributed by atoms with Crippen molar-refractivity contribution in [3.05, 3.63) is 125 Å². The summed E-state index contributed by atoms with van der Waals surface area (Å²) in [4.78, 5) is 17.0. The first-order chi connectivity index (χ1) is 20.4. The first kappa shape index (κ1) is 27.2. The quantitative estimate of drug-likeness (QED) is 0.185. The van der Waals surface area contributed by atoms with E-state index in [1.54, 1.807) is 56.5 Å². The Morgan fingerprint density at radius 3 is 2.64 bits per heavy atom. The summed E-state index contributed by atoms with van der Waals surface area (Å²) in [5.41, 5.74) is 3.82. The summed E-state index contributed by atoms with van der Waals surface area (Å²) in [6.45, 7) is 9.94. The van der Waals surface area contributed by atoms with Crippen molar-refractivity contribution in [2.24, 2.45) is 5.92 Å². The van der Waals surface area contributed by atoms with Gasteiger partial charge in [0.2, 0.25) is 0 Å². The molecule has 5 aromatic rings. The zero-order valence-electron chi connectivity index (χ0n) is 23.4. The summed E-state index contributed by atoms with van der Waals surface area (Å²) >= 11 is 0. The highest BCUT2D eigenvalue weighted by Gasteiger charge is 2.26. The Morgan fingerprint density at radius 1 is 1.07 bits per heavy atom. The second-order valence-corrected chi connectivity index (χ2v) is 10.6. The third kappa shape index (κ3) is 5.47. The van der Waals surface area contributed by atoms with Crippen molar-refractivity contribution in [2.45, 2.75) is 25.8 Å². The van der Waals surface area contributed by atoms with Gasteiger partial charge in [0.05, 0.1) is 36.8 Å². The molecule has 0 saturated heterocycles. The molecule has 4 aromatic carbocycles. The molecule has 6 rings (SSSR count). The van der Waals surface area contributed by atoms with E-state index in [0.717, 1.165) is 34.2 Å². The molecule has 7 nitrogen and oxygen atoms in total. The molecule has 0 radical (unpaired) electrons. The van der Waals surface area contributed by atoms with Crippen LogP contribution in [0.1, 0.15) is 46.2 Å². The zero-order valence-corrected chi connectivity index (χ0v) is 23.4. The predicted octanol–water partition coefficient (Wildman–Crippen LogP) is 7.37. The van der Waals surface area contributed by atoms with Crippen LogP contribution in [0.15, 0.2) is 84.9 Å². The first-order valence-electron chi connectivity index (χ1n) is 13.9. The number of nitrogens with one attached hydrogen (secondary N) is 2. The molecule has 0 bridgehead atoms. The standard InChI is InChI=1S/C34H30FN5O2/c1-21-17-31(40(39-21)25-8-6-7-24(19-25)36-2)34(41)38-30-18-23(13-15-29(30)35)33(37-20-22-11-12-22)28-14-16-32(42-3)27-10-5-4-9-26(27)28/h4-10,13-19,22,33,37H,11-12,20H2,1,3H3,(H,38,41). The van der Waals surface area contributed by atoms with Crippen LogP contribution in [0.5, 0.6) is 5.75 Å². The molecule has 0 spiro atoms. The average molecular weight is 560 g/mol. The third-order valence-corrected chi connectivity index (χ3v) is 7.60. The highest BCUT2D eigenvalue weighted by molar-refractivity contribution is 6.03. The van der Waals surface area contributed by atoms with Gasteiger partial charge in [0, 0.05) is 5.39 Å². The molecule has 1 aromatic heterocycles. The van der Waals surface area contributed by atoms with Crippen molar-refractivity contribution in [2.75, 3.05) is 19.0 Å². The number of ether oxygens (including phenoxy) is 1. The molecule has 1 amide bonds. The van der Waals surface area contributed by atoms with E-state index < -0.39 is 11.7 Å². The minimum absolute atomic E-state index is 0.0776. The molecule has 0 aliphatic heterocycles. The highest BCUT2D eigenvalue weighted by atomic mass is 19.1. The number of rotatable bonds is 9. The molecule has 1 aliphatic carbocycles. The Balaban J connectivity index is 1.36. The van der Waals surface area contributed by atoms with Gasteiger partial charge in [0.1, 0.15) is 17.3 Å². The molecule has 42 heavy (non-hydrogen) atoms. The topological polar surface area (TPSA) is 72.5 Å². The molecule has 8 heteroatoms. The van der Waals surface area contributed by atoms with Gasteiger partial charge in [-0.2, -0.15) is 5.10 Å². The fourth-order valence-electron chi connectivity index (χ4n) is 5.30. The van der Waals surface area contributed by atoms with Crippen LogP contribution < -0.4 is 15.4 Å². The maximum atomic E-state index is 15.2. The van der Waals surface area contributed by atoms with Crippen LogP contribution >= 0.6 is 0 Å². The monoisotopic (exact) mass is 559 g/mol. The number of fused-ring (bicyclic) bond motifs is 1. The lowest BCUT2D eigenvalue weighted by molar-refractivity contribution is 0.101. The fraction of sp³-hybridized carbons (Fsp3) is 0.206. The number of carbonyl (C=O) groups excluding carboxylic acids is 1. The Morgan fingerprint density at radius 2 is 1.88 bits per heavy atom. The van der Waals surface area contributed by atoms with E-state index >= 15 is 4.39 Å². The second-order valence-electron chi connectivity index (χ2n) is 10.6. The summed E-state index contributed by atoms with van der Waals surface area (Å²) in [7, 11) is 1.66. The number of halogens is 1. The number of methoxy groups -OCH3 is 1. The number of hydrogen-bond donors (Lipinski definition) is 2. The minimum Gasteiger partial charge on any atom is -0.496 e. The van der Waals surface area contributed by atoms with E-state index in [9.17, 15) is 4.79 Å². The number of carbonyl (C=O) groups is 1. The number of aromatic nitrogens is 2. The number of benzene rings is 4. The van der Waals surface area contributed by atoms with E-state index in [1.165, 1.54) is 23.6 Å². The van der Waals surface area contributed by atoms with Gasteiger partial charge >= 0.3 is 0 Å². The molecule has 1 heterocycles. The first-order valence-corrected chi connectivity index (χ1v) is 13.9. The van der Waals surface area contributed by atoms with E-state index in [1.807, 2.05) is 30.3 Å². The van der Waals surface area contributed by atoms with Crippen LogP contribution in [0.3, 0.4) is 0 Å². The van der Waals surface area contributed by atoms with Gasteiger partial charge in [-0.3, -0.25) is 4.79 Å². The van der Waals surface area contributed by atoms with E-state index in [4.69, 9.17) is 11.3 Å². The van der Waals surface area contributed by atoms with Crippen LogP contribution in [-0.2, 0) is 0 Å². The Hall–Kier alpha value is -5.00. The van der Waals surface area contributed by atoms with Gasteiger partial charge in [0.25, 0.3) is 5.91 Å². The summed E-state index contributed by atoms with van der Waals surface area (Å²) in [6.07, 6.45) is 2.39. The van der Waals surface area contributed by atoms with Gasteiger partial charge in [0.15, 0.2) is 5.69 Å². The largest absolute Gasteiger partial charge is 0.496 e. The summed E-state index contributed by atoms with van der Waals surface area (Å²) in [5.74, 6) is 0.375. The fourth-order valence-corrected chi connectivity index (χ4v) is 5.30. The van der Waals surface area contributed by atoms with Crippen molar-refractivity contribution in [1.82, 2.24) is 15.1 Å². The van der Waals surface area contributed by atoms with Crippen molar-refractivity contribution < 1.29 is 13.9 Å². The highest BCUT2D eigenvalue weighted by Crippen LogP contribution is 2.36. The van der Waals surface area contributed by atoms with Crippen molar-refractivity contribution in [3.63, 3.8) is 0 Å². The second kappa shape index (κ2) is 11.5. The minimum atomic E-state index is -0.537. The van der Waals surface area contributed by atoms with Crippen LogP contribution in [0.4, 0.5) is 15.8 Å². The van der Waals surface area contributed by atoms with Gasteiger partial charge < -0.3 is 15.4 Å². The Kier molecular flexibility index (Phi) is 7.43. The van der Waals surface area contributed by atoms with Gasteiger partial charge in [-0.05, 0) is 85.1 Å². The van der Waals surface area contributed by atoms with Gasteiger partial charge in [-0.25, -0.2) is 13.9 Å². The Bertz CT molecular complexity index is 1840. The molecule has 210 valence electrons. The maximum Gasteiger partial charge on any atom is 0.274 e. The average Bonchev–Trinajstić information content (AvgIpc) is 3.76. The van der Waals surface area contributed by atoms with Crippen molar-refractivity contribution in [3.8, 4) is 11.4 Å².